The van der Waals surface area contributed by atoms with E-state index in [4.69, 9.17) is 11.6 Å². The molecule has 2 heterocycles. The van der Waals surface area contributed by atoms with Crippen LogP contribution in [0.4, 0.5) is 0 Å². The molecule has 2 aromatic rings. The average molecular weight is 237 g/mol. The van der Waals surface area contributed by atoms with E-state index in [0.717, 1.165) is 37.0 Å². The molecule has 0 amide bonds. The van der Waals surface area contributed by atoms with Gasteiger partial charge < -0.3 is 4.40 Å². The second-order valence-corrected chi connectivity index (χ2v) is 4.71. The molecule has 3 heteroatoms. The average Bonchev–Trinajstić information content (AvgIpc) is 2.71. The highest BCUT2D eigenvalue weighted by Crippen LogP contribution is 2.13. The van der Waals surface area contributed by atoms with Gasteiger partial charge in [0, 0.05) is 17.8 Å². The molecule has 2 rings (SSSR count). The van der Waals surface area contributed by atoms with E-state index in [0.29, 0.717) is 5.38 Å². The van der Waals surface area contributed by atoms with Crippen molar-refractivity contribution in [3.05, 3.63) is 36.3 Å². The summed E-state index contributed by atoms with van der Waals surface area (Å²) in [6.07, 6.45) is 8.39. The first kappa shape index (κ1) is 11.5. The third kappa shape index (κ3) is 2.76. The zero-order valence-corrected chi connectivity index (χ0v) is 10.3. The van der Waals surface area contributed by atoms with Crippen molar-refractivity contribution in [1.82, 2.24) is 9.38 Å². The summed E-state index contributed by atoms with van der Waals surface area (Å²) in [6, 6.07) is 6.06. The molecule has 1 atom stereocenters. The van der Waals surface area contributed by atoms with Gasteiger partial charge in [-0.2, -0.15) is 0 Å². The van der Waals surface area contributed by atoms with E-state index in [-0.39, 0.29) is 0 Å². The second-order valence-electron chi connectivity index (χ2n) is 4.10. The van der Waals surface area contributed by atoms with Gasteiger partial charge in [0.1, 0.15) is 5.65 Å². The Hall–Kier alpha value is -1.02. The molecule has 0 radical (unpaired) electrons. The van der Waals surface area contributed by atoms with E-state index < -0.39 is 0 Å². The summed E-state index contributed by atoms with van der Waals surface area (Å²) >= 11 is 6.08. The maximum absolute atomic E-state index is 6.08. The molecule has 2 nitrogen and oxygen atoms in total. The van der Waals surface area contributed by atoms with E-state index in [1.54, 1.807) is 0 Å². The summed E-state index contributed by atoms with van der Waals surface area (Å²) in [4.78, 5) is 4.56. The maximum atomic E-state index is 6.08. The van der Waals surface area contributed by atoms with Crippen molar-refractivity contribution in [2.75, 3.05) is 0 Å². The molecule has 0 saturated carbocycles. The Balaban J connectivity index is 1.94. The molecule has 0 aromatic carbocycles. The predicted octanol–water partition coefficient (Wildman–Crippen LogP) is 3.67. The highest BCUT2D eigenvalue weighted by Gasteiger charge is 2.04. The monoisotopic (exact) mass is 236 g/mol. The van der Waals surface area contributed by atoms with Crippen LogP contribution in [0.25, 0.3) is 5.65 Å². The molecule has 86 valence electrons. The van der Waals surface area contributed by atoms with Gasteiger partial charge in [-0.1, -0.05) is 13.0 Å². The van der Waals surface area contributed by atoms with Crippen LogP contribution in [0.3, 0.4) is 0 Å². The number of hydrogen-bond donors (Lipinski definition) is 0. The van der Waals surface area contributed by atoms with Gasteiger partial charge in [0.25, 0.3) is 0 Å². The van der Waals surface area contributed by atoms with Crippen LogP contribution in [-0.4, -0.2) is 14.8 Å². The SMILES string of the molecule is CCC(Cl)CCCc1cn2ccccc2n1. The van der Waals surface area contributed by atoms with Gasteiger partial charge >= 0.3 is 0 Å². The molecule has 0 aliphatic heterocycles. The van der Waals surface area contributed by atoms with Crippen molar-refractivity contribution in [1.29, 1.82) is 0 Å². The first-order valence-electron chi connectivity index (χ1n) is 5.86. The molecule has 0 aliphatic carbocycles. The van der Waals surface area contributed by atoms with Gasteiger partial charge in [-0.3, -0.25) is 0 Å². The van der Waals surface area contributed by atoms with Gasteiger partial charge in [-0.25, -0.2) is 4.98 Å². The highest BCUT2D eigenvalue weighted by molar-refractivity contribution is 6.20. The number of hydrogen-bond acceptors (Lipinski definition) is 1. The Morgan fingerprint density at radius 3 is 3.06 bits per heavy atom. The topological polar surface area (TPSA) is 17.3 Å². The summed E-state index contributed by atoms with van der Waals surface area (Å²) < 4.78 is 2.06. The van der Waals surface area contributed by atoms with Crippen LogP contribution in [0.5, 0.6) is 0 Å². The largest absolute Gasteiger partial charge is 0.307 e. The van der Waals surface area contributed by atoms with E-state index in [1.807, 2.05) is 24.4 Å². The quantitative estimate of drug-likeness (QED) is 0.724. The number of nitrogens with zero attached hydrogens (tertiary/aromatic N) is 2. The molecule has 0 bridgehead atoms. The number of pyridine rings is 1. The Kier molecular flexibility index (Phi) is 3.83. The summed E-state index contributed by atoms with van der Waals surface area (Å²) in [5.74, 6) is 0. The molecule has 1 unspecified atom stereocenters. The summed E-state index contributed by atoms with van der Waals surface area (Å²) in [5.41, 5.74) is 2.18. The normalized spacial score (nSPS) is 13.1. The first-order valence-corrected chi connectivity index (χ1v) is 6.30. The number of fused-ring (bicyclic) bond motifs is 1. The number of rotatable bonds is 5. The molecular formula is C13H17ClN2. The lowest BCUT2D eigenvalue weighted by atomic mass is 10.1. The van der Waals surface area contributed by atoms with Crippen molar-refractivity contribution in [3.63, 3.8) is 0 Å². The molecule has 0 spiro atoms. The Bertz CT molecular complexity index is 417. The number of aromatic nitrogens is 2. The summed E-state index contributed by atoms with van der Waals surface area (Å²) in [6.45, 7) is 2.13. The molecular weight excluding hydrogens is 220 g/mol. The molecule has 0 fully saturated rings. The summed E-state index contributed by atoms with van der Waals surface area (Å²) in [5, 5.41) is 0.317. The minimum Gasteiger partial charge on any atom is -0.307 e. The number of aryl methyl sites for hydroxylation is 1. The van der Waals surface area contributed by atoms with Crippen molar-refractivity contribution in [3.8, 4) is 0 Å². The lowest BCUT2D eigenvalue weighted by Gasteiger charge is -2.03. The fraction of sp³-hybridized carbons (Fsp3) is 0.462. The fourth-order valence-electron chi connectivity index (χ4n) is 1.82. The van der Waals surface area contributed by atoms with Crippen molar-refractivity contribution in [2.24, 2.45) is 0 Å². The number of alkyl halides is 1. The van der Waals surface area contributed by atoms with Crippen molar-refractivity contribution < 1.29 is 0 Å². The number of imidazole rings is 1. The lowest BCUT2D eigenvalue weighted by Crippen LogP contribution is -1.97. The third-order valence-corrected chi connectivity index (χ3v) is 3.33. The van der Waals surface area contributed by atoms with Crippen LogP contribution in [-0.2, 0) is 6.42 Å². The van der Waals surface area contributed by atoms with Crippen LogP contribution < -0.4 is 0 Å². The van der Waals surface area contributed by atoms with Gasteiger partial charge in [0.05, 0.1) is 5.69 Å². The molecule has 0 saturated heterocycles. The maximum Gasteiger partial charge on any atom is 0.136 e. The van der Waals surface area contributed by atoms with Crippen LogP contribution in [0.2, 0.25) is 0 Å². The van der Waals surface area contributed by atoms with E-state index in [9.17, 15) is 0 Å². The van der Waals surface area contributed by atoms with Crippen LogP contribution in [0.15, 0.2) is 30.6 Å². The second kappa shape index (κ2) is 5.35. The van der Waals surface area contributed by atoms with E-state index >= 15 is 0 Å². The Morgan fingerprint density at radius 1 is 1.44 bits per heavy atom. The van der Waals surface area contributed by atoms with Crippen LogP contribution in [0, 0.1) is 0 Å². The molecule has 0 N–H and O–H groups in total. The minimum atomic E-state index is 0.317. The fourth-order valence-corrected chi connectivity index (χ4v) is 1.97. The van der Waals surface area contributed by atoms with Gasteiger partial charge in [-0.15, -0.1) is 11.6 Å². The molecule has 0 aliphatic rings. The van der Waals surface area contributed by atoms with E-state index in [1.165, 1.54) is 0 Å². The first-order chi connectivity index (χ1) is 7.79. The zero-order chi connectivity index (χ0) is 11.4. The van der Waals surface area contributed by atoms with Gasteiger partial charge in [-0.05, 0) is 37.8 Å². The highest BCUT2D eigenvalue weighted by atomic mass is 35.5. The van der Waals surface area contributed by atoms with Crippen LogP contribution in [0.1, 0.15) is 31.9 Å². The summed E-state index contributed by atoms with van der Waals surface area (Å²) in [7, 11) is 0. The van der Waals surface area contributed by atoms with Crippen molar-refractivity contribution in [2.45, 2.75) is 38.0 Å². The van der Waals surface area contributed by atoms with E-state index in [2.05, 4.69) is 22.5 Å². The standard InChI is InChI=1S/C13H17ClN2/c1-2-11(14)6-5-7-12-10-16-9-4-3-8-13(16)15-12/h3-4,8-11H,2,5-7H2,1H3. The minimum absolute atomic E-state index is 0.317. The van der Waals surface area contributed by atoms with Crippen molar-refractivity contribution >= 4 is 17.2 Å². The Labute approximate surface area is 101 Å². The molecule has 2 aromatic heterocycles. The smallest absolute Gasteiger partial charge is 0.136 e. The van der Waals surface area contributed by atoms with Gasteiger partial charge in [0.15, 0.2) is 0 Å². The zero-order valence-electron chi connectivity index (χ0n) is 9.56. The molecule has 16 heavy (non-hydrogen) atoms. The third-order valence-electron chi connectivity index (χ3n) is 2.81. The predicted molar refractivity (Wildman–Crippen MR) is 68.1 cm³/mol. The lowest BCUT2D eigenvalue weighted by molar-refractivity contribution is 0.669. The number of halogens is 1. The Morgan fingerprint density at radius 2 is 2.31 bits per heavy atom. The van der Waals surface area contributed by atoms with Crippen LogP contribution >= 0.6 is 11.6 Å². The van der Waals surface area contributed by atoms with Gasteiger partial charge in [0.2, 0.25) is 0 Å².